The molecule has 188 valence electrons. The van der Waals surface area contributed by atoms with Gasteiger partial charge >= 0.3 is 5.97 Å². The van der Waals surface area contributed by atoms with E-state index in [1.807, 2.05) is 31.2 Å². The number of nitriles is 1. The van der Waals surface area contributed by atoms with Crippen molar-refractivity contribution < 1.29 is 14.3 Å². The predicted octanol–water partition coefficient (Wildman–Crippen LogP) is 5.68. The van der Waals surface area contributed by atoms with E-state index in [1.54, 1.807) is 6.92 Å². The molecule has 8 nitrogen and oxygen atoms in total. The minimum Gasteiger partial charge on any atom is -0.462 e. The van der Waals surface area contributed by atoms with Crippen molar-refractivity contribution in [3.63, 3.8) is 0 Å². The third-order valence-electron chi connectivity index (χ3n) is 6.44. The zero-order valence-corrected chi connectivity index (χ0v) is 22.1. The lowest BCUT2D eigenvalue weighted by Gasteiger charge is -2.12. The highest BCUT2D eigenvalue weighted by Gasteiger charge is 2.29. The number of anilines is 3. The second-order valence-corrected chi connectivity index (χ2v) is 10.9. The summed E-state index contributed by atoms with van der Waals surface area (Å²) < 4.78 is 5.30. The van der Waals surface area contributed by atoms with Crippen molar-refractivity contribution in [2.45, 2.75) is 39.5 Å². The molecule has 3 aromatic heterocycles. The number of nitrogens with one attached hydrogen (secondary N) is 1. The first-order valence-electron chi connectivity index (χ1n) is 12.0. The molecule has 0 unspecified atom stereocenters. The van der Waals surface area contributed by atoms with E-state index in [-0.39, 0.29) is 28.6 Å². The molecule has 0 aliphatic heterocycles. The van der Waals surface area contributed by atoms with Crippen LogP contribution >= 0.6 is 22.7 Å². The fraction of sp³-hybridized carbons (Fsp3) is 0.259. The van der Waals surface area contributed by atoms with Crippen molar-refractivity contribution in [1.29, 1.82) is 5.26 Å². The van der Waals surface area contributed by atoms with Crippen molar-refractivity contribution in [3.05, 3.63) is 56.3 Å². The van der Waals surface area contributed by atoms with Gasteiger partial charge in [0, 0.05) is 15.8 Å². The van der Waals surface area contributed by atoms with Crippen molar-refractivity contribution in [2.75, 3.05) is 23.4 Å². The molecule has 0 bridgehead atoms. The third-order valence-corrected chi connectivity index (χ3v) is 8.75. The molecular formula is C27H25N5O3S2. The van der Waals surface area contributed by atoms with Gasteiger partial charge in [-0.25, -0.2) is 9.78 Å². The minimum atomic E-state index is -0.448. The van der Waals surface area contributed by atoms with E-state index in [1.165, 1.54) is 11.3 Å². The summed E-state index contributed by atoms with van der Waals surface area (Å²) >= 11 is 2.52. The molecule has 1 amide bonds. The van der Waals surface area contributed by atoms with E-state index >= 15 is 0 Å². The van der Waals surface area contributed by atoms with Gasteiger partial charge in [0.15, 0.2) is 0 Å². The maximum absolute atomic E-state index is 13.5. The molecule has 0 atom stereocenters. The number of nitrogens with zero attached hydrogens (tertiary/aromatic N) is 2. The number of nitrogens with two attached hydrogens (primary N) is 2. The first-order chi connectivity index (χ1) is 17.8. The fourth-order valence-electron chi connectivity index (χ4n) is 4.69. The second kappa shape index (κ2) is 9.84. The molecule has 1 aliphatic rings. The number of amides is 1. The number of rotatable bonds is 5. The van der Waals surface area contributed by atoms with E-state index in [2.05, 4.69) is 16.4 Å². The van der Waals surface area contributed by atoms with Gasteiger partial charge in [-0.3, -0.25) is 4.79 Å². The number of carbonyl (C=O) groups is 2. The van der Waals surface area contributed by atoms with Gasteiger partial charge in [0.05, 0.1) is 17.9 Å². The Morgan fingerprint density at radius 1 is 1.16 bits per heavy atom. The minimum absolute atomic E-state index is 0.0781. The average Bonchev–Trinajstić information content (AvgIpc) is 3.40. The molecule has 0 fully saturated rings. The summed E-state index contributed by atoms with van der Waals surface area (Å²) in [4.78, 5) is 32.5. The van der Waals surface area contributed by atoms with E-state index in [9.17, 15) is 14.9 Å². The molecule has 0 saturated carbocycles. The Hall–Kier alpha value is -3.94. The van der Waals surface area contributed by atoms with Crippen LogP contribution in [0.15, 0.2) is 24.3 Å². The van der Waals surface area contributed by atoms with Crippen LogP contribution in [0.25, 0.3) is 21.3 Å². The third kappa shape index (κ3) is 4.30. The van der Waals surface area contributed by atoms with Crippen molar-refractivity contribution in [2.24, 2.45) is 0 Å². The number of hydrogen-bond donors (Lipinski definition) is 3. The van der Waals surface area contributed by atoms with Crippen molar-refractivity contribution >= 4 is 61.3 Å². The highest BCUT2D eigenvalue weighted by Crippen LogP contribution is 2.44. The predicted molar refractivity (Wildman–Crippen MR) is 148 cm³/mol. The van der Waals surface area contributed by atoms with Crippen LogP contribution in [0.4, 0.5) is 16.5 Å². The summed E-state index contributed by atoms with van der Waals surface area (Å²) in [5.41, 5.74) is 16.9. The molecule has 37 heavy (non-hydrogen) atoms. The molecule has 0 spiro atoms. The number of benzene rings is 1. The van der Waals surface area contributed by atoms with Crippen LogP contribution < -0.4 is 16.8 Å². The van der Waals surface area contributed by atoms with Crippen LogP contribution in [-0.4, -0.2) is 23.5 Å². The van der Waals surface area contributed by atoms with Crippen LogP contribution in [0.5, 0.6) is 0 Å². The maximum Gasteiger partial charge on any atom is 0.341 e. The summed E-state index contributed by atoms with van der Waals surface area (Å²) in [6.45, 7) is 3.97. The van der Waals surface area contributed by atoms with E-state index in [4.69, 9.17) is 16.2 Å². The molecule has 5 N–H and O–H groups in total. The van der Waals surface area contributed by atoms with Crippen LogP contribution in [-0.2, 0) is 17.6 Å². The number of thiophene rings is 2. The van der Waals surface area contributed by atoms with E-state index in [0.29, 0.717) is 26.3 Å². The number of esters is 1. The van der Waals surface area contributed by atoms with Crippen LogP contribution in [0.1, 0.15) is 61.4 Å². The number of ether oxygens (including phenoxy) is 1. The van der Waals surface area contributed by atoms with Gasteiger partial charge in [0.2, 0.25) is 0 Å². The molecule has 1 aliphatic carbocycles. The van der Waals surface area contributed by atoms with Crippen LogP contribution in [0.2, 0.25) is 0 Å². The fourth-order valence-corrected chi connectivity index (χ4v) is 6.97. The summed E-state index contributed by atoms with van der Waals surface area (Å²) in [6, 6.07) is 9.80. The van der Waals surface area contributed by atoms with Gasteiger partial charge in [-0.05, 0) is 50.7 Å². The Bertz CT molecular complexity index is 1600. The van der Waals surface area contributed by atoms with Gasteiger partial charge in [-0.2, -0.15) is 5.26 Å². The molecule has 1 aromatic carbocycles. The van der Waals surface area contributed by atoms with Crippen molar-refractivity contribution in [1.82, 2.24) is 4.98 Å². The number of nitrogen functional groups attached to an aromatic ring is 2. The Kier molecular flexibility index (Phi) is 6.58. The highest BCUT2D eigenvalue weighted by molar-refractivity contribution is 7.21. The molecule has 0 saturated heterocycles. The molecule has 5 rings (SSSR count). The monoisotopic (exact) mass is 531 g/mol. The summed E-state index contributed by atoms with van der Waals surface area (Å²) in [6.07, 6.45) is 3.68. The molecule has 3 heterocycles. The first kappa shape index (κ1) is 24.7. The largest absolute Gasteiger partial charge is 0.462 e. The number of pyridine rings is 1. The van der Waals surface area contributed by atoms with Crippen LogP contribution in [0, 0.1) is 18.3 Å². The lowest BCUT2D eigenvalue weighted by atomic mass is 9.95. The molecule has 10 heteroatoms. The smallest absolute Gasteiger partial charge is 0.341 e. The second-order valence-electron chi connectivity index (χ2n) is 8.84. The SMILES string of the molecule is CCOC(=O)c1c(NC(=O)c2sc3nc(N)c(C#N)c(-c4ccc(C)cc4)c3c2N)sc2c1CCCC2. The zero-order valence-electron chi connectivity index (χ0n) is 20.4. The summed E-state index contributed by atoms with van der Waals surface area (Å²) in [5.74, 6) is -0.804. The summed E-state index contributed by atoms with van der Waals surface area (Å²) in [7, 11) is 0. The zero-order chi connectivity index (χ0) is 26.3. The van der Waals surface area contributed by atoms with Crippen molar-refractivity contribution in [3.8, 4) is 17.2 Å². The maximum atomic E-state index is 13.5. The quantitative estimate of drug-likeness (QED) is 0.281. The lowest BCUT2D eigenvalue weighted by Crippen LogP contribution is -2.15. The normalized spacial score (nSPS) is 12.7. The molecule has 0 radical (unpaired) electrons. The van der Waals surface area contributed by atoms with Gasteiger partial charge in [0.1, 0.15) is 32.2 Å². The van der Waals surface area contributed by atoms with Crippen LogP contribution in [0.3, 0.4) is 0 Å². The summed E-state index contributed by atoms with van der Waals surface area (Å²) in [5, 5.41) is 13.8. The lowest BCUT2D eigenvalue weighted by molar-refractivity contribution is 0.0526. The number of fused-ring (bicyclic) bond motifs is 2. The Labute approximate surface area is 221 Å². The number of hydrogen-bond acceptors (Lipinski definition) is 9. The van der Waals surface area contributed by atoms with Gasteiger partial charge in [-0.15, -0.1) is 22.7 Å². The Morgan fingerprint density at radius 2 is 1.89 bits per heavy atom. The number of aromatic nitrogens is 1. The Morgan fingerprint density at radius 3 is 2.59 bits per heavy atom. The topological polar surface area (TPSA) is 144 Å². The highest BCUT2D eigenvalue weighted by atomic mass is 32.1. The van der Waals surface area contributed by atoms with E-state index in [0.717, 1.165) is 58.6 Å². The number of carbonyl (C=O) groups excluding carboxylic acids is 2. The first-order valence-corrected chi connectivity index (χ1v) is 13.6. The van der Waals surface area contributed by atoms with Gasteiger partial charge in [-0.1, -0.05) is 29.8 Å². The number of aryl methyl sites for hydroxylation is 2. The van der Waals surface area contributed by atoms with Gasteiger partial charge < -0.3 is 21.5 Å². The standard InChI is InChI=1S/C27H25N5O3S2/c1-3-35-27(34)19-15-6-4-5-7-17(15)36-25(19)32-24(33)22-21(29)20-18(14-10-8-13(2)9-11-14)16(12-28)23(30)31-26(20)37-22/h8-11H,3-7,29H2,1-2H3,(H2,30,31)(H,32,33). The molecule has 4 aromatic rings. The Balaban J connectivity index is 1.61. The van der Waals surface area contributed by atoms with Gasteiger partial charge in [0.25, 0.3) is 5.91 Å². The molecular weight excluding hydrogens is 506 g/mol. The van der Waals surface area contributed by atoms with E-state index < -0.39 is 11.9 Å². The average molecular weight is 532 g/mol.